The molecule has 1 fully saturated rings. The highest BCUT2D eigenvalue weighted by molar-refractivity contribution is 5.78. The van der Waals surface area contributed by atoms with Crippen LogP contribution >= 0.6 is 0 Å². The zero-order valence-corrected chi connectivity index (χ0v) is 13.0. The van der Waals surface area contributed by atoms with Gasteiger partial charge in [0.05, 0.1) is 6.42 Å². The molecule has 24 heavy (non-hydrogen) atoms. The van der Waals surface area contributed by atoms with Gasteiger partial charge in [0.15, 0.2) is 0 Å². The van der Waals surface area contributed by atoms with Crippen molar-refractivity contribution >= 4 is 11.9 Å². The van der Waals surface area contributed by atoms with Crippen molar-refractivity contribution in [3.8, 4) is 0 Å². The number of nitrogens with zero attached hydrogens (tertiary/aromatic N) is 3. The van der Waals surface area contributed by atoms with Crippen LogP contribution in [0.15, 0.2) is 34.1 Å². The molecule has 0 aliphatic carbocycles. The largest absolute Gasteiger partial charge is 0.351 e. The summed E-state index contributed by atoms with van der Waals surface area (Å²) in [5.41, 5.74) is -0.759. The summed E-state index contributed by atoms with van der Waals surface area (Å²) < 4.78 is 0. The minimum absolute atomic E-state index is 0.0452. The number of hydrogen-bond donors (Lipinski definition) is 3. The fourth-order valence-corrected chi connectivity index (χ4v) is 2.77. The van der Waals surface area contributed by atoms with Crippen molar-refractivity contribution < 1.29 is 4.79 Å². The van der Waals surface area contributed by atoms with E-state index in [1.807, 2.05) is 4.90 Å². The average Bonchev–Trinajstić information content (AvgIpc) is 2.59. The Kier molecular flexibility index (Phi) is 4.69. The van der Waals surface area contributed by atoms with E-state index in [0.717, 1.165) is 25.5 Å². The molecule has 0 radical (unpaired) electrons. The summed E-state index contributed by atoms with van der Waals surface area (Å²) in [5, 5.41) is 7.29. The Labute approximate surface area is 137 Å². The molecule has 2 aromatic rings. The Morgan fingerprint density at radius 1 is 1.29 bits per heavy atom. The molecule has 0 spiro atoms. The highest BCUT2D eigenvalue weighted by Crippen LogP contribution is 2.15. The van der Waals surface area contributed by atoms with E-state index in [1.165, 1.54) is 0 Å². The first-order chi connectivity index (χ1) is 11.6. The predicted octanol–water partition coefficient (Wildman–Crippen LogP) is -0.819. The zero-order chi connectivity index (χ0) is 16.9. The van der Waals surface area contributed by atoms with Crippen molar-refractivity contribution in [2.24, 2.45) is 0 Å². The molecule has 1 aliphatic rings. The minimum Gasteiger partial charge on any atom is -0.351 e. The number of hydrogen-bond acceptors (Lipinski definition) is 6. The summed E-state index contributed by atoms with van der Waals surface area (Å²) >= 11 is 0. The number of H-pyrrole nitrogens is 2. The van der Waals surface area contributed by atoms with Crippen molar-refractivity contribution in [3.63, 3.8) is 0 Å². The first-order valence-electron chi connectivity index (χ1n) is 7.74. The average molecular weight is 330 g/mol. The van der Waals surface area contributed by atoms with Crippen LogP contribution < -0.4 is 21.3 Å². The van der Waals surface area contributed by atoms with Gasteiger partial charge in [-0.1, -0.05) is 0 Å². The number of aromatic nitrogens is 4. The maximum Gasteiger partial charge on any atom is 0.266 e. The Balaban J connectivity index is 1.61. The first kappa shape index (κ1) is 15.9. The Morgan fingerprint density at radius 3 is 2.88 bits per heavy atom. The molecule has 3 N–H and O–H groups in total. The molecule has 3 rings (SSSR count). The van der Waals surface area contributed by atoms with E-state index >= 15 is 0 Å². The second-order valence-electron chi connectivity index (χ2n) is 5.69. The Morgan fingerprint density at radius 2 is 2.08 bits per heavy atom. The number of piperidine rings is 1. The van der Waals surface area contributed by atoms with E-state index in [0.29, 0.717) is 12.5 Å². The topological polar surface area (TPSA) is 124 Å². The van der Waals surface area contributed by atoms with Gasteiger partial charge in [0, 0.05) is 43.2 Å². The second kappa shape index (κ2) is 7.07. The van der Waals surface area contributed by atoms with Crippen LogP contribution in [-0.4, -0.2) is 45.2 Å². The molecule has 0 aromatic carbocycles. The summed E-state index contributed by atoms with van der Waals surface area (Å²) in [6, 6.07) is 2.85. The van der Waals surface area contributed by atoms with Gasteiger partial charge in [-0.3, -0.25) is 24.6 Å². The number of carbonyl (C=O) groups is 1. The zero-order valence-electron chi connectivity index (χ0n) is 13.0. The highest BCUT2D eigenvalue weighted by Gasteiger charge is 2.23. The van der Waals surface area contributed by atoms with Gasteiger partial charge < -0.3 is 10.2 Å². The molecule has 1 atom stereocenters. The number of aromatic amines is 2. The van der Waals surface area contributed by atoms with Crippen LogP contribution in [0.25, 0.3) is 0 Å². The SMILES string of the molecule is O=C(Cc1cc(=O)[nH][nH]c1=O)N[C@@H]1CCCN(c2ncccn2)C1. The summed E-state index contributed by atoms with van der Waals surface area (Å²) in [7, 11) is 0. The van der Waals surface area contributed by atoms with Gasteiger partial charge in [-0.05, 0) is 18.9 Å². The Bertz CT molecular complexity index is 816. The minimum atomic E-state index is -0.465. The third-order valence-electron chi connectivity index (χ3n) is 3.87. The van der Waals surface area contributed by atoms with Crippen molar-refractivity contribution in [2.45, 2.75) is 25.3 Å². The van der Waals surface area contributed by atoms with E-state index in [1.54, 1.807) is 18.5 Å². The molecule has 0 saturated carbocycles. The smallest absolute Gasteiger partial charge is 0.266 e. The van der Waals surface area contributed by atoms with Crippen molar-refractivity contribution in [3.05, 3.63) is 50.8 Å². The van der Waals surface area contributed by atoms with Crippen LogP contribution in [0.1, 0.15) is 18.4 Å². The summed E-state index contributed by atoms with van der Waals surface area (Å²) in [4.78, 5) is 45.5. The van der Waals surface area contributed by atoms with Gasteiger partial charge in [-0.15, -0.1) is 0 Å². The van der Waals surface area contributed by atoms with Crippen LogP contribution in [0.4, 0.5) is 5.95 Å². The third kappa shape index (κ3) is 3.86. The molecule has 1 aliphatic heterocycles. The Hall–Kier alpha value is -2.97. The van der Waals surface area contributed by atoms with Crippen LogP contribution in [-0.2, 0) is 11.2 Å². The second-order valence-corrected chi connectivity index (χ2v) is 5.69. The highest BCUT2D eigenvalue weighted by atomic mass is 16.2. The number of rotatable bonds is 4. The molecule has 2 aromatic heterocycles. The lowest BCUT2D eigenvalue weighted by Crippen LogP contribution is -2.48. The van der Waals surface area contributed by atoms with E-state index in [9.17, 15) is 14.4 Å². The number of carbonyl (C=O) groups excluding carboxylic acids is 1. The lowest BCUT2D eigenvalue weighted by molar-refractivity contribution is -0.121. The number of amides is 1. The molecule has 1 amide bonds. The fourth-order valence-electron chi connectivity index (χ4n) is 2.77. The molecule has 9 nitrogen and oxygen atoms in total. The monoisotopic (exact) mass is 330 g/mol. The lowest BCUT2D eigenvalue weighted by atomic mass is 10.1. The predicted molar refractivity (Wildman–Crippen MR) is 86.8 cm³/mol. The van der Waals surface area contributed by atoms with Crippen LogP contribution in [0.3, 0.4) is 0 Å². The number of anilines is 1. The van der Waals surface area contributed by atoms with Gasteiger partial charge >= 0.3 is 0 Å². The molecule has 3 heterocycles. The van der Waals surface area contributed by atoms with E-state index in [2.05, 4.69) is 25.5 Å². The van der Waals surface area contributed by atoms with Crippen molar-refractivity contribution in [2.75, 3.05) is 18.0 Å². The third-order valence-corrected chi connectivity index (χ3v) is 3.87. The maximum absolute atomic E-state index is 12.2. The quantitative estimate of drug-likeness (QED) is 0.673. The van der Waals surface area contributed by atoms with Crippen LogP contribution in [0, 0.1) is 0 Å². The first-order valence-corrected chi connectivity index (χ1v) is 7.74. The van der Waals surface area contributed by atoms with Gasteiger partial charge in [-0.2, -0.15) is 0 Å². The normalized spacial score (nSPS) is 17.5. The van der Waals surface area contributed by atoms with Gasteiger partial charge in [0.1, 0.15) is 0 Å². The summed E-state index contributed by atoms with van der Waals surface area (Å²) in [5.74, 6) is 0.356. The van der Waals surface area contributed by atoms with E-state index in [-0.39, 0.29) is 23.9 Å². The lowest BCUT2D eigenvalue weighted by Gasteiger charge is -2.33. The molecule has 1 saturated heterocycles. The van der Waals surface area contributed by atoms with Gasteiger partial charge in [0.2, 0.25) is 11.9 Å². The number of nitrogens with one attached hydrogen (secondary N) is 3. The maximum atomic E-state index is 12.2. The fraction of sp³-hybridized carbons (Fsp3) is 0.400. The molecule has 0 unspecified atom stereocenters. The van der Waals surface area contributed by atoms with Crippen LogP contribution in [0.5, 0.6) is 0 Å². The summed E-state index contributed by atoms with van der Waals surface area (Å²) in [6.07, 6.45) is 5.00. The standard InChI is InChI=1S/C15H18N6O3/c22-12(7-10-8-13(23)19-20-14(10)24)18-11-3-1-6-21(9-11)15-16-4-2-5-17-15/h2,4-5,8,11H,1,3,6-7,9H2,(H,18,22)(H,19,23)(H,20,24)/t11-/m1/s1. The van der Waals surface area contributed by atoms with Crippen molar-refractivity contribution in [1.82, 2.24) is 25.5 Å². The molecular formula is C15H18N6O3. The van der Waals surface area contributed by atoms with Crippen LogP contribution in [0.2, 0.25) is 0 Å². The van der Waals surface area contributed by atoms with E-state index in [4.69, 9.17) is 0 Å². The van der Waals surface area contributed by atoms with Crippen molar-refractivity contribution in [1.29, 1.82) is 0 Å². The molecule has 126 valence electrons. The molecule has 0 bridgehead atoms. The molecular weight excluding hydrogens is 312 g/mol. The van der Waals surface area contributed by atoms with E-state index < -0.39 is 11.1 Å². The van der Waals surface area contributed by atoms with Gasteiger partial charge in [0.25, 0.3) is 11.1 Å². The summed E-state index contributed by atoms with van der Waals surface area (Å²) in [6.45, 7) is 1.45. The van der Waals surface area contributed by atoms with Gasteiger partial charge in [-0.25, -0.2) is 9.97 Å². The molecule has 9 heteroatoms.